The minimum absolute atomic E-state index is 0.162. The number of benzene rings is 1. The zero-order chi connectivity index (χ0) is 15.4. The minimum atomic E-state index is -4.43. The lowest BCUT2D eigenvalue weighted by molar-refractivity contribution is -0.137. The van der Waals surface area contributed by atoms with Gasteiger partial charge in [-0.3, -0.25) is 4.79 Å². The third-order valence-electron chi connectivity index (χ3n) is 3.30. The number of halogens is 4. The Balaban J connectivity index is 2.01. The van der Waals surface area contributed by atoms with Gasteiger partial charge in [-0.15, -0.1) is 11.3 Å². The highest BCUT2D eigenvalue weighted by atomic mass is 35.5. The number of thiophene rings is 1. The number of nitrogens with zero attached hydrogens (tertiary/aromatic N) is 1. The van der Waals surface area contributed by atoms with Gasteiger partial charge < -0.3 is 10.0 Å². The highest BCUT2D eigenvalue weighted by molar-refractivity contribution is 7.21. The molecule has 2 aromatic rings. The standard InChI is InChI=1S/C13H9ClF3NO2S/c14-10-8-2-1-6(13(15,16)17)3-9(8)21-11(10)12(20)18-4-7(19)5-18/h1-3,7,19H,4-5H2. The van der Waals surface area contributed by atoms with Gasteiger partial charge in [0.05, 0.1) is 16.7 Å². The van der Waals surface area contributed by atoms with Gasteiger partial charge in [0.25, 0.3) is 5.91 Å². The van der Waals surface area contributed by atoms with Gasteiger partial charge in [-0.1, -0.05) is 17.7 Å². The minimum Gasteiger partial charge on any atom is -0.389 e. The number of carbonyl (C=O) groups excluding carboxylic acids is 1. The summed E-state index contributed by atoms with van der Waals surface area (Å²) in [6, 6.07) is 3.22. The van der Waals surface area contributed by atoms with Gasteiger partial charge in [-0.2, -0.15) is 13.2 Å². The van der Waals surface area contributed by atoms with Crippen LogP contribution in [0.25, 0.3) is 10.1 Å². The lowest BCUT2D eigenvalue weighted by Crippen LogP contribution is -2.53. The monoisotopic (exact) mass is 335 g/mol. The van der Waals surface area contributed by atoms with Crippen LogP contribution in [0.1, 0.15) is 15.2 Å². The third kappa shape index (κ3) is 2.49. The van der Waals surface area contributed by atoms with Crippen molar-refractivity contribution in [3.8, 4) is 0 Å². The summed E-state index contributed by atoms with van der Waals surface area (Å²) in [5, 5.41) is 9.79. The Morgan fingerprint density at radius 1 is 1.38 bits per heavy atom. The summed E-state index contributed by atoms with van der Waals surface area (Å²) in [5.74, 6) is -0.361. The lowest BCUT2D eigenvalue weighted by atomic mass is 10.1. The molecule has 3 rings (SSSR count). The molecule has 21 heavy (non-hydrogen) atoms. The molecule has 1 aliphatic heterocycles. The van der Waals surface area contributed by atoms with E-state index in [1.54, 1.807) is 0 Å². The van der Waals surface area contributed by atoms with Crippen LogP contribution in [0.4, 0.5) is 13.2 Å². The molecule has 0 aliphatic carbocycles. The fourth-order valence-electron chi connectivity index (χ4n) is 2.14. The van der Waals surface area contributed by atoms with Gasteiger partial charge >= 0.3 is 6.18 Å². The van der Waals surface area contributed by atoms with E-state index in [1.165, 1.54) is 11.0 Å². The van der Waals surface area contributed by atoms with Crippen LogP contribution in [0, 0.1) is 0 Å². The summed E-state index contributed by atoms with van der Waals surface area (Å²) < 4.78 is 38.4. The first-order valence-electron chi connectivity index (χ1n) is 6.04. The van der Waals surface area contributed by atoms with Crippen LogP contribution in [0.2, 0.25) is 5.02 Å². The Morgan fingerprint density at radius 3 is 2.62 bits per heavy atom. The third-order valence-corrected chi connectivity index (χ3v) is 4.95. The average Bonchev–Trinajstić information content (AvgIpc) is 2.70. The van der Waals surface area contributed by atoms with Crippen molar-refractivity contribution < 1.29 is 23.1 Å². The van der Waals surface area contributed by atoms with E-state index in [0.29, 0.717) is 10.1 Å². The van der Waals surface area contributed by atoms with Crippen molar-refractivity contribution in [3.05, 3.63) is 33.7 Å². The van der Waals surface area contributed by atoms with Crippen molar-refractivity contribution in [1.82, 2.24) is 4.90 Å². The van der Waals surface area contributed by atoms with Gasteiger partial charge in [0.1, 0.15) is 4.88 Å². The molecule has 112 valence electrons. The molecule has 1 aromatic carbocycles. The number of aliphatic hydroxyl groups is 1. The van der Waals surface area contributed by atoms with Crippen LogP contribution >= 0.6 is 22.9 Å². The Morgan fingerprint density at radius 2 is 2.05 bits per heavy atom. The Labute approximate surface area is 126 Å². The molecule has 1 N–H and O–H groups in total. The summed E-state index contributed by atoms with van der Waals surface area (Å²) in [7, 11) is 0. The Kier molecular flexibility index (Phi) is 3.38. The van der Waals surface area contributed by atoms with E-state index in [2.05, 4.69) is 0 Å². The van der Waals surface area contributed by atoms with E-state index < -0.39 is 17.8 Å². The van der Waals surface area contributed by atoms with E-state index >= 15 is 0 Å². The SMILES string of the molecule is O=C(c1sc2cc(C(F)(F)F)ccc2c1Cl)N1CC(O)C1. The first kappa shape index (κ1) is 14.6. The van der Waals surface area contributed by atoms with Gasteiger partial charge in [-0.05, 0) is 12.1 Å². The normalized spacial score (nSPS) is 16.3. The maximum absolute atomic E-state index is 12.7. The second-order valence-corrected chi connectivity index (χ2v) is 6.25. The number of hydrogen-bond acceptors (Lipinski definition) is 3. The van der Waals surface area contributed by atoms with E-state index in [0.717, 1.165) is 23.5 Å². The molecular weight excluding hydrogens is 327 g/mol. The quantitative estimate of drug-likeness (QED) is 0.868. The molecule has 1 aliphatic rings. The number of likely N-dealkylation sites (tertiary alicyclic amines) is 1. The van der Waals surface area contributed by atoms with Crippen LogP contribution in [0.3, 0.4) is 0 Å². The Bertz CT molecular complexity index is 722. The Hall–Kier alpha value is -1.31. The summed E-state index contributed by atoms with van der Waals surface area (Å²) in [6.45, 7) is 0.439. The predicted molar refractivity (Wildman–Crippen MR) is 73.7 cm³/mol. The van der Waals surface area contributed by atoms with E-state index in [-0.39, 0.29) is 28.9 Å². The zero-order valence-electron chi connectivity index (χ0n) is 10.4. The number of β-amino-alcohol motifs (C(OH)–C–C–N with tert-alkyl or cyclic N) is 1. The molecule has 1 amide bonds. The molecule has 3 nitrogen and oxygen atoms in total. The highest BCUT2D eigenvalue weighted by Gasteiger charge is 2.33. The molecule has 1 saturated heterocycles. The van der Waals surface area contributed by atoms with E-state index in [4.69, 9.17) is 11.6 Å². The number of fused-ring (bicyclic) bond motifs is 1. The molecule has 0 saturated carbocycles. The van der Waals surface area contributed by atoms with Gasteiger partial charge in [0.2, 0.25) is 0 Å². The predicted octanol–water partition coefficient (Wildman–Crippen LogP) is 3.39. The first-order chi connectivity index (χ1) is 9.77. The van der Waals surface area contributed by atoms with Crippen LogP contribution < -0.4 is 0 Å². The lowest BCUT2D eigenvalue weighted by Gasteiger charge is -2.35. The molecule has 2 heterocycles. The topological polar surface area (TPSA) is 40.5 Å². The van der Waals surface area contributed by atoms with Gasteiger partial charge in [0.15, 0.2) is 0 Å². The van der Waals surface area contributed by atoms with Crippen molar-refractivity contribution >= 4 is 38.9 Å². The molecule has 8 heteroatoms. The molecule has 0 radical (unpaired) electrons. The fourth-order valence-corrected chi connectivity index (χ4v) is 3.66. The molecule has 0 spiro atoms. The van der Waals surface area contributed by atoms with E-state index in [1.807, 2.05) is 0 Å². The number of alkyl halides is 3. The summed E-state index contributed by atoms with van der Waals surface area (Å²) in [6.07, 6.45) is -4.98. The second kappa shape index (κ2) is 4.86. The average molecular weight is 336 g/mol. The maximum atomic E-state index is 12.7. The zero-order valence-corrected chi connectivity index (χ0v) is 12.0. The van der Waals surface area contributed by atoms with Crippen molar-refractivity contribution in [2.24, 2.45) is 0 Å². The summed E-state index contributed by atoms with van der Waals surface area (Å²) in [5.41, 5.74) is -0.772. The van der Waals surface area contributed by atoms with Crippen molar-refractivity contribution in [2.75, 3.05) is 13.1 Å². The summed E-state index contributed by atoms with van der Waals surface area (Å²) in [4.78, 5) is 13.8. The molecule has 0 unspecified atom stereocenters. The molecule has 0 atom stereocenters. The number of aliphatic hydroxyl groups excluding tert-OH is 1. The first-order valence-corrected chi connectivity index (χ1v) is 7.23. The van der Waals surface area contributed by atoms with E-state index in [9.17, 15) is 23.1 Å². The van der Waals surface area contributed by atoms with Crippen LogP contribution in [0.5, 0.6) is 0 Å². The summed E-state index contributed by atoms with van der Waals surface area (Å²) >= 11 is 7.04. The number of amides is 1. The smallest absolute Gasteiger partial charge is 0.389 e. The van der Waals surface area contributed by atoms with Crippen molar-refractivity contribution in [2.45, 2.75) is 12.3 Å². The number of rotatable bonds is 1. The molecular formula is C13H9ClF3NO2S. The fraction of sp³-hybridized carbons (Fsp3) is 0.308. The van der Waals surface area contributed by atoms with Crippen LogP contribution in [-0.4, -0.2) is 35.1 Å². The van der Waals surface area contributed by atoms with Gasteiger partial charge in [-0.25, -0.2) is 0 Å². The molecule has 1 aromatic heterocycles. The van der Waals surface area contributed by atoms with Gasteiger partial charge in [0, 0.05) is 23.2 Å². The van der Waals surface area contributed by atoms with Crippen LogP contribution in [0.15, 0.2) is 18.2 Å². The molecule has 1 fully saturated rings. The number of hydrogen-bond donors (Lipinski definition) is 1. The highest BCUT2D eigenvalue weighted by Crippen LogP contribution is 2.40. The molecule has 0 bridgehead atoms. The second-order valence-electron chi connectivity index (χ2n) is 4.82. The number of carbonyl (C=O) groups is 1. The van der Waals surface area contributed by atoms with Crippen LogP contribution in [-0.2, 0) is 6.18 Å². The van der Waals surface area contributed by atoms with Crippen molar-refractivity contribution in [3.63, 3.8) is 0 Å². The van der Waals surface area contributed by atoms with Crippen molar-refractivity contribution in [1.29, 1.82) is 0 Å². The maximum Gasteiger partial charge on any atom is 0.416 e. The largest absolute Gasteiger partial charge is 0.416 e.